The minimum absolute atomic E-state index is 0.0145. The Morgan fingerprint density at radius 1 is 1.11 bits per heavy atom. The fourth-order valence-corrected chi connectivity index (χ4v) is 1.02. The number of carbonyl (C=O) groups excluding carboxylic acids is 1. The lowest BCUT2D eigenvalue weighted by Crippen LogP contribution is -2.27. The molecule has 0 rings (SSSR count). The molecular formula is C13H24O5. The molecule has 5 nitrogen and oxygen atoms in total. The van der Waals surface area contributed by atoms with Crippen LogP contribution in [-0.4, -0.2) is 49.2 Å². The Bertz CT molecular complexity index is 264. The third-order valence-electron chi connectivity index (χ3n) is 2.14. The van der Waals surface area contributed by atoms with Crippen molar-refractivity contribution in [3.63, 3.8) is 0 Å². The van der Waals surface area contributed by atoms with Gasteiger partial charge in [-0.15, -0.1) is 0 Å². The minimum Gasteiger partial charge on any atom is -0.457 e. The van der Waals surface area contributed by atoms with Gasteiger partial charge in [0.2, 0.25) is 0 Å². The van der Waals surface area contributed by atoms with Gasteiger partial charge in [-0.1, -0.05) is 6.58 Å². The molecule has 0 fully saturated rings. The average molecular weight is 260 g/mol. The summed E-state index contributed by atoms with van der Waals surface area (Å²) in [5, 5.41) is 8.79. The number of hydrogen-bond donors (Lipinski definition) is 1. The van der Waals surface area contributed by atoms with Crippen molar-refractivity contribution in [2.45, 2.75) is 46.0 Å². The lowest BCUT2D eigenvalue weighted by molar-refractivity contribution is -0.148. The molecule has 5 heteroatoms. The minimum atomic E-state index is -0.413. The second-order valence-corrected chi connectivity index (χ2v) is 4.47. The highest BCUT2D eigenvalue weighted by atomic mass is 16.6. The number of hydrogen-bond acceptors (Lipinski definition) is 5. The van der Waals surface area contributed by atoms with Gasteiger partial charge in [0.25, 0.3) is 0 Å². The van der Waals surface area contributed by atoms with Crippen molar-refractivity contribution in [1.82, 2.24) is 0 Å². The van der Waals surface area contributed by atoms with Crippen LogP contribution in [0.3, 0.4) is 0 Å². The molecule has 0 spiro atoms. The van der Waals surface area contributed by atoms with E-state index in [2.05, 4.69) is 6.58 Å². The van der Waals surface area contributed by atoms with E-state index in [9.17, 15) is 4.79 Å². The van der Waals surface area contributed by atoms with Crippen LogP contribution < -0.4 is 0 Å². The molecule has 0 saturated heterocycles. The predicted octanol–water partition coefficient (Wildman–Crippen LogP) is 1.30. The number of ether oxygens (including phenoxy) is 3. The SMILES string of the molecule is C=C(C)C(=O)OC(C)COC(C)COC(C)CO. The van der Waals surface area contributed by atoms with E-state index < -0.39 is 5.97 Å². The molecule has 0 saturated carbocycles. The van der Waals surface area contributed by atoms with Crippen molar-refractivity contribution < 1.29 is 24.1 Å². The standard InChI is InChI=1S/C13H24O5/c1-9(2)13(15)18-12(5)8-17-11(4)7-16-10(3)6-14/h10-12,14H,1,6-8H2,2-5H3. The number of aliphatic hydroxyl groups is 1. The average Bonchev–Trinajstić information content (AvgIpc) is 2.32. The molecule has 0 amide bonds. The fraction of sp³-hybridized carbons (Fsp3) is 0.769. The zero-order valence-corrected chi connectivity index (χ0v) is 11.6. The molecule has 0 bridgehead atoms. The van der Waals surface area contributed by atoms with Crippen molar-refractivity contribution in [3.8, 4) is 0 Å². The molecule has 0 radical (unpaired) electrons. The van der Waals surface area contributed by atoms with E-state index in [1.165, 1.54) is 0 Å². The number of aliphatic hydroxyl groups excluding tert-OH is 1. The smallest absolute Gasteiger partial charge is 0.333 e. The van der Waals surface area contributed by atoms with E-state index in [1.54, 1.807) is 20.8 Å². The van der Waals surface area contributed by atoms with E-state index >= 15 is 0 Å². The highest BCUT2D eigenvalue weighted by Gasteiger charge is 2.12. The van der Waals surface area contributed by atoms with Crippen molar-refractivity contribution in [3.05, 3.63) is 12.2 Å². The first-order valence-electron chi connectivity index (χ1n) is 6.07. The molecule has 18 heavy (non-hydrogen) atoms. The number of carbonyl (C=O) groups is 1. The van der Waals surface area contributed by atoms with Gasteiger partial charge in [-0.05, 0) is 27.7 Å². The van der Waals surface area contributed by atoms with Crippen LogP contribution in [-0.2, 0) is 19.0 Å². The number of esters is 1. The summed E-state index contributed by atoms with van der Waals surface area (Å²) in [5.74, 6) is -0.413. The van der Waals surface area contributed by atoms with E-state index in [0.29, 0.717) is 18.8 Å². The van der Waals surface area contributed by atoms with Crippen molar-refractivity contribution >= 4 is 5.97 Å². The van der Waals surface area contributed by atoms with E-state index in [-0.39, 0.29) is 24.9 Å². The molecule has 0 aromatic carbocycles. The van der Waals surface area contributed by atoms with Crippen LogP contribution in [0.15, 0.2) is 12.2 Å². The molecule has 0 aromatic heterocycles. The molecule has 0 heterocycles. The third-order valence-corrected chi connectivity index (χ3v) is 2.14. The van der Waals surface area contributed by atoms with Crippen LogP contribution in [0.1, 0.15) is 27.7 Å². The lowest BCUT2D eigenvalue weighted by atomic mass is 10.3. The summed E-state index contributed by atoms with van der Waals surface area (Å²) >= 11 is 0. The third kappa shape index (κ3) is 8.22. The summed E-state index contributed by atoms with van der Waals surface area (Å²) < 4.78 is 15.8. The molecule has 0 aromatic rings. The van der Waals surface area contributed by atoms with E-state index in [0.717, 1.165) is 0 Å². The predicted molar refractivity (Wildman–Crippen MR) is 68.3 cm³/mol. The van der Waals surface area contributed by atoms with Gasteiger partial charge in [0, 0.05) is 5.57 Å². The fourth-order valence-electron chi connectivity index (χ4n) is 1.02. The Morgan fingerprint density at radius 2 is 1.61 bits per heavy atom. The molecule has 0 aliphatic heterocycles. The molecule has 1 N–H and O–H groups in total. The summed E-state index contributed by atoms with van der Waals surface area (Å²) in [6.07, 6.45) is -0.647. The van der Waals surface area contributed by atoms with Crippen LogP contribution >= 0.6 is 0 Å². The van der Waals surface area contributed by atoms with Gasteiger partial charge in [0.15, 0.2) is 0 Å². The molecule has 3 atom stereocenters. The van der Waals surface area contributed by atoms with Crippen LogP contribution in [0.2, 0.25) is 0 Å². The van der Waals surface area contributed by atoms with Gasteiger partial charge < -0.3 is 19.3 Å². The summed E-state index contributed by atoms with van der Waals surface area (Å²) in [5.41, 5.74) is 0.370. The molecule has 0 aliphatic carbocycles. The Labute approximate surface area is 109 Å². The van der Waals surface area contributed by atoms with Crippen LogP contribution in [0.5, 0.6) is 0 Å². The lowest BCUT2D eigenvalue weighted by Gasteiger charge is -2.19. The van der Waals surface area contributed by atoms with Crippen LogP contribution in [0.4, 0.5) is 0 Å². The first-order valence-corrected chi connectivity index (χ1v) is 6.07. The Kier molecular flexibility index (Phi) is 8.62. The van der Waals surface area contributed by atoms with Gasteiger partial charge in [0.1, 0.15) is 6.10 Å². The van der Waals surface area contributed by atoms with E-state index in [4.69, 9.17) is 19.3 Å². The molecular weight excluding hydrogens is 236 g/mol. The molecule has 106 valence electrons. The first-order chi connectivity index (χ1) is 8.36. The Hall–Kier alpha value is -0.910. The quantitative estimate of drug-likeness (QED) is 0.500. The van der Waals surface area contributed by atoms with Crippen LogP contribution in [0, 0.1) is 0 Å². The van der Waals surface area contributed by atoms with Gasteiger partial charge in [0.05, 0.1) is 32.0 Å². The monoisotopic (exact) mass is 260 g/mol. The summed E-state index contributed by atoms with van der Waals surface area (Å²) in [6, 6.07) is 0. The maximum absolute atomic E-state index is 11.2. The summed E-state index contributed by atoms with van der Waals surface area (Å²) in [7, 11) is 0. The zero-order valence-electron chi connectivity index (χ0n) is 11.6. The van der Waals surface area contributed by atoms with Gasteiger partial charge in [-0.25, -0.2) is 4.79 Å². The molecule has 3 unspecified atom stereocenters. The normalized spacial score (nSPS) is 15.8. The maximum Gasteiger partial charge on any atom is 0.333 e. The maximum atomic E-state index is 11.2. The van der Waals surface area contributed by atoms with Crippen molar-refractivity contribution in [1.29, 1.82) is 0 Å². The van der Waals surface area contributed by atoms with Crippen molar-refractivity contribution in [2.24, 2.45) is 0 Å². The van der Waals surface area contributed by atoms with Crippen LogP contribution in [0.25, 0.3) is 0 Å². The number of rotatable bonds is 9. The van der Waals surface area contributed by atoms with E-state index in [1.807, 2.05) is 6.92 Å². The largest absolute Gasteiger partial charge is 0.457 e. The van der Waals surface area contributed by atoms with Gasteiger partial charge in [-0.3, -0.25) is 0 Å². The first kappa shape index (κ1) is 17.1. The topological polar surface area (TPSA) is 65.0 Å². The van der Waals surface area contributed by atoms with Gasteiger partial charge >= 0.3 is 5.97 Å². The summed E-state index contributed by atoms with van der Waals surface area (Å²) in [6.45, 7) is 11.2. The second kappa shape index (κ2) is 9.08. The molecule has 0 aliphatic rings. The highest BCUT2D eigenvalue weighted by molar-refractivity contribution is 5.87. The Morgan fingerprint density at radius 3 is 2.11 bits per heavy atom. The van der Waals surface area contributed by atoms with Crippen molar-refractivity contribution in [2.75, 3.05) is 19.8 Å². The van der Waals surface area contributed by atoms with Gasteiger partial charge in [-0.2, -0.15) is 0 Å². The second-order valence-electron chi connectivity index (χ2n) is 4.47. The Balaban J connectivity index is 3.74. The zero-order chi connectivity index (χ0) is 14.1. The highest BCUT2D eigenvalue weighted by Crippen LogP contribution is 2.02. The summed E-state index contributed by atoms with van der Waals surface area (Å²) in [4.78, 5) is 11.2.